The summed E-state index contributed by atoms with van der Waals surface area (Å²) >= 11 is 4.91. The van der Waals surface area contributed by atoms with Crippen LogP contribution in [0.1, 0.15) is 5.69 Å². The molecule has 0 aliphatic heterocycles. The third-order valence-electron chi connectivity index (χ3n) is 2.48. The lowest BCUT2D eigenvalue weighted by molar-refractivity contribution is 0.315. The number of nitrogens with zero attached hydrogens (tertiary/aromatic N) is 1. The van der Waals surface area contributed by atoms with Crippen molar-refractivity contribution in [3.8, 4) is 0 Å². The second-order valence-corrected chi connectivity index (χ2v) is 4.33. The molecule has 1 heterocycles. The summed E-state index contributed by atoms with van der Waals surface area (Å²) in [5.74, 6) is -1.15. The van der Waals surface area contributed by atoms with E-state index in [0.29, 0.717) is 13.0 Å². The van der Waals surface area contributed by atoms with Gasteiger partial charge in [-0.25, -0.2) is 8.78 Å². The van der Waals surface area contributed by atoms with E-state index in [1.165, 1.54) is 0 Å². The monoisotopic (exact) mass is 294 g/mol. The molecule has 2 rings (SSSR count). The highest BCUT2D eigenvalue weighted by atomic mass is 32.1. The fraction of sp³-hybridized carbons (Fsp3) is 0.143. The van der Waals surface area contributed by atoms with Crippen molar-refractivity contribution in [1.29, 1.82) is 0 Å². The zero-order chi connectivity index (χ0) is 14.4. The lowest BCUT2D eigenvalue weighted by Crippen LogP contribution is -2.16. The molecule has 0 atom stereocenters. The van der Waals surface area contributed by atoms with Gasteiger partial charge in [0.1, 0.15) is 11.6 Å². The Hall–Kier alpha value is -2.08. The van der Waals surface area contributed by atoms with Crippen molar-refractivity contribution in [3.05, 3.63) is 59.9 Å². The molecule has 1 N–H and O–H groups in total. The molecule has 20 heavy (non-hydrogen) atoms. The Balaban J connectivity index is 1.82. The maximum atomic E-state index is 13.4. The first-order chi connectivity index (χ1) is 9.65. The Morgan fingerprint density at radius 3 is 2.85 bits per heavy atom. The molecule has 0 aliphatic rings. The van der Waals surface area contributed by atoms with Gasteiger partial charge in [0.15, 0.2) is 0 Å². The van der Waals surface area contributed by atoms with Crippen molar-refractivity contribution in [3.63, 3.8) is 0 Å². The van der Waals surface area contributed by atoms with E-state index in [4.69, 9.17) is 17.0 Å². The van der Waals surface area contributed by atoms with Gasteiger partial charge in [-0.3, -0.25) is 4.98 Å². The minimum atomic E-state index is -0.595. The molecule has 1 aromatic heterocycles. The van der Waals surface area contributed by atoms with E-state index in [1.807, 2.05) is 18.2 Å². The molecule has 0 bridgehead atoms. The number of ether oxygens (including phenoxy) is 1. The minimum absolute atomic E-state index is 0.00886. The molecule has 0 spiro atoms. The van der Waals surface area contributed by atoms with Crippen LogP contribution in [0.5, 0.6) is 0 Å². The molecule has 0 saturated heterocycles. The summed E-state index contributed by atoms with van der Waals surface area (Å²) in [7, 11) is 0. The predicted molar refractivity (Wildman–Crippen MR) is 76.5 cm³/mol. The molecule has 0 aliphatic carbocycles. The molecule has 0 amide bonds. The van der Waals surface area contributed by atoms with Crippen LogP contribution in [0.4, 0.5) is 14.5 Å². The SMILES string of the molecule is Fc1ccc(F)c(NC(=S)OCCc2ccccn2)c1. The average molecular weight is 294 g/mol. The molecule has 104 valence electrons. The minimum Gasteiger partial charge on any atom is -0.470 e. The molecule has 2 aromatic rings. The van der Waals surface area contributed by atoms with Crippen molar-refractivity contribution in [2.75, 3.05) is 11.9 Å². The molecule has 1 aromatic carbocycles. The number of anilines is 1. The molecule has 0 radical (unpaired) electrons. The number of nitrogens with one attached hydrogen (secondary N) is 1. The molecule has 0 saturated carbocycles. The molecular weight excluding hydrogens is 282 g/mol. The zero-order valence-corrected chi connectivity index (χ0v) is 11.3. The second-order valence-electron chi connectivity index (χ2n) is 3.96. The number of thiocarbonyl (C=S) groups is 1. The van der Waals surface area contributed by atoms with Crippen LogP contribution in [0.2, 0.25) is 0 Å². The van der Waals surface area contributed by atoms with Crippen molar-refractivity contribution in [1.82, 2.24) is 4.98 Å². The summed E-state index contributed by atoms with van der Waals surface area (Å²) in [4.78, 5) is 4.13. The first-order valence-electron chi connectivity index (χ1n) is 5.94. The summed E-state index contributed by atoms with van der Waals surface area (Å²) in [5, 5.41) is 2.50. The Morgan fingerprint density at radius 2 is 2.10 bits per heavy atom. The fourth-order valence-electron chi connectivity index (χ4n) is 1.53. The summed E-state index contributed by atoms with van der Waals surface area (Å²) in [5.41, 5.74) is 0.820. The van der Waals surface area contributed by atoms with Gasteiger partial charge in [-0.1, -0.05) is 6.07 Å². The number of pyridine rings is 1. The average Bonchev–Trinajstić information content (AvgIpc) is 2.44. The van der Waals surface area contributed by atoms with Crippen LogP contribution >= 0.6 is 12.2 Å². The van der Waals surface area contributed by atoms with Crippen LogP contribution in [0.15, 0.2) is 42.6 Å². The normalized spacial score (nSPS) is 10.1. The first-order valence-corrected chi connectivity index (χ1v) is 6.35. The van der Waals surface area contributed by atoms with E-state index in [1.54, 1.807) is 6.20 Å². The summed E-state index contributed by atoms with van der Waals surface area (Å²) in [6.45, 7) is 0.305. The standard InChI is InChI=1S/C14H12F2N2OS/c15-10-4-5-12(16)13(9-10)18-14(20)19-8-6-11-3-1-2-7-17-11/h1-5,7,9H,6,8H2,(H,18,20). The van der Waals surface area contributed by atoms with Gasteiger partial charge < -0.3 is 10.1 Å². The van der Waals surface area contributed by atoms with E-state index in [0.717, 1.165) is 23.9 Å². The van der Waals surface area contributed by atoms with E-state index in [-0.39, 0.29) is 10.9 Å². The Labute approximate surface area is 120 Å². The zero-order valence-electron chi connectivity index (χ0n) is 10.5. The summed E-state index contributed by atoms with van der Waals surface area (Å²) in [6, 6.07) is 8.64. The van der Waals surface area contributed by atoms with Gasteiger partial charge in [0, 0.05) is 24.4 Å². The van der Waals surface area contributed by atoms with Gasteiger partial charge in [0.05, 0.1) is 12.3 Å². The Bertz CT molecular complexity index is 593. The lowest BCUT2D eigenvalue weighted by Gasteiger charge is -2.10. The molecule has 0 unspecified atom stereocenters. The second kappa shape index (κ2) is 6.91. The van der Waals surface area contributed by atoms with Crippen LogP contribution in [0.25, 0.3) is 0 Å². The number of hydrogen-bond donors (Lipinski definition) is 1. The largest absolute Gasteiger partial charge is 0.470 e. The highest BCUT2D eigenvalue weighted by Crippen LogP contribution is 2.15. The maximum absolute atomic E-state index is 13.4. The third kappa shape index (κ3) is 4.24. The molecule has 0 fully saturated rings. The number of halogens is 2. The maximum Gasteiger partial charge on any atom is 0.261 e. The van der Waals surface area contributed by atoms with Gasteiger partial charge in [0.2, 0.25) is 0 Å². The number of hydrogen-bond acceptors (Lipinski definition) is 3. The lowest BCUT2D eigenvalue weighted by atomic mass is 10.3. The van der Waals surface area contributed by atoms with Crippen LogP contribution < -0.4 is 5.32 Å². The topological polar surface area (TPSA) is 34.1 Å². The van der Waals surface area contributed by atoms with Gasteiger partial charge in [-0.05, 0) is 36.5 Å². The highest BCUT2D eigenvalue weighted by Gasteiger charge is 2.06. The van der Waals surface area contributed by atoms with Crippen molar-refractivity contribution >= 4 is 23.1 Å². The summed E-state index contributed by atoms with van der Waals surface area (Å²) in [6.07, 6.45) is 2.27. The summed E-state index contributed by atoms with van der Waals surface area (Å²) < 4.78 is 31.6. The van der Waals surface area contributed by atoms with Crippen LogP contribution in [-0.4, -0.2) is 16.8 Å². The van der Waals surface area contributed by atoms with Crippen LogP contribution in [0, 0.1) is 11.6 Å². The quantitative estimate of drug-likeness (QED) is 0.877. The smallest absolute Gasteiger partial charge is 0.261 e. The van der Waals surface area contributed by atoms with E-state index in [9.17, 15) is 8.78 Å². The van der Waals surface area contributed by atoms with Crippen molar-refractivity contribution < 1.29 is 13.5 Å². The number of rotatable bonds is 4. The fourth-order valence-corrected chi connectivity index (χ4v) is 1.73. The van der Waals surface area contributed by atoms with E-state index < -0.39 is 11.6 Å². The van der Waals surface area contributed by atoms with Crippen molar-refractivity contribution in [2.24, 2.45) is 0 Å². The first kappa shape index (κ1) is 14.3. The van der Waals surface area contributed by atoms with Crippen LogP contribution in [-0.2, 0) is 11.2 Å². The van der Waals surface area contributed by atoms with Gasteiger partial charge in [-0.15, -0.1) is 0 Å². The Morgan fingerprint density at radius 1 is 1.25 bits per heavy atom. The third-order valence-corrected chi connectivity index (χ3v) is 2.70. The van der Waals surface area contributed by atoms with Gasteiger partial charge in [0.25, 0.3) is 5.17 Å². The van der Waals surface area contributed by atoms with E-state index in [2.05, 4.69) is 10.3 Å². The van der Waals surface area contributed by atoms with E-state index >= 15 is 0 Å². The van der Waals surface area contributed by atoms with Crippen LogP contribution in [0.3, 0.4) is 0 Å². The Kier molecular flexibility index (Phi) is 4.95. The molecule has 3 nitrogen and oxygen atoms in total. The molecular formula is C14H12F2N2OS. The highest BCUT2D eigenvalue weighted by molar-refractivity contribution is 7.80. The van der Waals surface area contributed by atoms with Gasteiger partial charge in [-0.2, -0.15) is 0 Å². The number of aromatic nitrogens is 1. The molecule has 6 heteroatoms. The van der Waals surface area contributed by atoms with Gasteiger partial charge >= 0.3 is 0 Å². The predicted octanol–water partition coefficient (Wildman–Crippen LogP) is 3.32. The number of benzene rings is 1. The van der Waals surface area contributed by atoms with Crippen molar-refractivity contribution in [2.45, 2.75) is 6.42 Å².